The Bertz CT molecular complexity index is 434. The van der Waals surface area contributed by atoms with Crippen LogP contribution in [0.2, 0.25) is 0 Å². The van der Waals surface area contributed by atoms with Crippen LogP contribution < -0.4 is 0 Å². The van der Waals surface area contributed by atoms with E-state index in [4.69, 9.17) is 9.05 Å². The minimum absolute atomic E-state index is 0.261. The van der Waals surface area contributed by atoms with E-state index in [9.17, 15) is 9.46 Å². The topological polar surface area (TPSA) is 59.0 Å². The lowest BCUT2D eigenvalue weighted by Crippen LogP contribution is -2.29. The number of rotatable bonds is 28. The van der Waals surface area contributed by atoms with Crippen LogP contribution in [0.3, 0.4) is 0 Å². The summed E-state index contributed by atoms with van der Waals surface area (Å²) in [5.41, 5.74) is 0. The van der Waals surface area contributed by atoms with Crippen LogP contribution in [0.4, 0.5) is 0 Å². The summed E-state index contributed by atoms with van der Waals surface area (Å²) in [6.45, 7) is 10.1. The summed E-state index contributed by atoms with van der Waals surface area (Å²) in [6.07, 6.45) is 25.0. The zero-order valence-electron chi connectivity index (χ0n) is 23.2. The van der Waals surface area contributed by atoms with Crippen molar-refractivity contribution >= 4 is 7.82 Å². The van der Waals surface area contributed by atoms with Crippen molar-refractivity contribution in [2.24, 2.45) is 0 Å². The third-order valence-corrected chi connectivity index (χ3v) is 7.59. The third kappa shape index (κ3) is 25.2. The molecule has 0 bridgehead atoms. The van der Waals surface area contributed by atoms with Gasteiger partial charge >= 0.3 is 7.82 Å². The van der Waals surface area contributed by atoms with Crippen LogP contribution in [0.5, 0.6) is 0 Å². The molecule has 1 unspecified atom stereocenters. The number of nitrogens with zero attached hydrogens (tertiary/aromatic N) is 1. The molecule has 0 aliphatic heterocycles. The first kappa shape index (κ1) is 34.1. The Labute approximate surface area is 213 Å². The SMILES string of the molecule is CCCCCCCCCCOP(=O)(O)OCCN(CCCCCCCC)CCCCCCCC. The van der Waals surface area contributed by atoms with Gasteiger partial charge in [0.2, 0.25) is 0 Å². The maximum atomic E-state index is 12.2. The van der Waals surface area contributed by atoms with Gasteiger partial charge in [-0.3, -0.25) is 9.05 Å². The molecule has 206 valence electrons. The molecular formula is C28H60NO4P. The van der Waals surface area contributed by atoms with Crippen molar-refractivity contribution in [2.45, 2.75) is 149 Å². The van der Waals surface area contributed by atoms with Gasteiger partial charge < -0.3 is 9.79 Å². The molecule has 0 saturated carbocycles. The van der Waals surface area contributed by atoms with E-state index in [-0.39, 0.29) is 6.61 Å². The third-order valence-electron chi connectivity index (χ3n) is 6.57. The maximum Gasteiger partial charge on any atom is 0.472 e. The Hall–Kier alpha value is 0.0700. The van der Waals surface area contributed by atoms with Gasteiger partial charge in [-0.1, -0.05) is 130 Å². The average molecular weight is 506 g/mol. The number of phosphoric acid groups is 1. The summed E-state index contributed by atoms with van der Waals surface area (Å²) in [5.74, 6) is 0. The molecule has 1 N–H and O–H groups in total. The number of hydrogen-bond donors (Lipinski definition) is 1. The first-order valence-electron chi connectivity index (χ1n) is 14.9. The Morgan fingerprint density at radius 1 is 0.500 bits per heavy atom. The Morgan fingerprint density at radius 3 is 1.29 bits per heavy atom. The van der Waals surface area contributed by atoms with Crippen molar-refractivity contribution in [3.8, 4) is 0 Å². The second kappa shape index (κ2) is 26.1. The summed E-state index contributed by atoms with van der Waals surface area (Å²) in [4.78, 5) is 12.4. The molecule has 0 heterocycles. The molecule has 0 aromatic rings. The molecule has 0 amide bonds. The standard InChI is InChI=1S/C28H60NO4P/c1-4-7-10-13-16-17-20-23-27-32-34(30,31)33-28-26-29(24-21-18-14-11-8-5-2)25-22-19-15-12-9-6-3/h4-28H2,1-3H3,(H,30,31). The quantitative estimate of drug-likeness (QED) is 0.0848. The van der Waals surface area contributed by atoms with Gasteiger partial charge in [-0.05, 0) is 32.4 Å². The molecule has 5 nitrogen and oxygen atoms in total. The van der Waals surface area contributed by atoms with E-state index in [0.29, 0.717) is 13.2 Å². The highest BCUT2D eigenvalue weighted by molar-refractivity contribution is 7.47. The van der Waals surface area contributed by atoms with Crippen LogP contribution in [-0.4, -0.2) is 42.6 Å². The first-order valence-corrected chi connectivity index (χ1v) is 16.4. The summed E-state index contributed by atoms with van der Waals surface area (Å²) in [7, 11) is -3.93. The number of unbranched alkanes of at least 4 members (excludes halogenated alkanes) is 17. The fraction of sp³-hybridized carbons (Fsp3) is 1.00. The van der Waals surface area contributed by atoms with Gasteiger partial charge in [0, 0.05) is 6.54 Å². The summed E-state index contributed by atoms with van der Waals surface area (Å²) < 4.78 is 22.7. The fourth-order valence-electron chi connectivity index (χ4n) is 4.31. The highest BCUT2D eigenvalue weighted by atomic mass is 31.2. The van der Waals surface area contributed by atoms with Gasteiger partial charge in [-0.25, -0.2) is 4.57 Å². The van der Waals surface area contributed by atoms with Gasteiger partial charge in [-0.15, -0.1) is 0 Å². The van der Waals surface area contributed by atoms with Crippen LogP contribution in [0.1, 0.15) is 149 Å². The lowest BCUT2D eigenvalue weighted by molar-refractivity contribution is 0.128. The van der Waals surface area contributed by atoms with E-state index in [2.05, 4.69) is 25.7 Å². The molecule has 0 fully saturated rings. The number of phosphoric ester groups is 1. The summed E-state index contributed by atoms with van der Waals surface area (Å²) in [5, 5.41) is 0. The van der Waals surface area contributed by atoms with E-state index in [1.165, 1.54) is 116 Å². The molecule has 0 aromatic heterocycles. The van der Waals surface area contributed by atoms with Crippen molar-refractivity contribution in [2.75, 3.05) is 32.8 Å². The molecule has 0 spiro atoms. The van der Waals surface area contributed by atoms with Crippen molar-refractivity contribution in [1.29, 1.82) is 0 Å². The average Bonchev–Trinajstić information content (AvgIpc) is 2.81. The monoisotopic (exact) mass is 505 g/mol. The highest BCUT2D eigenvalue weighted by Gasteiger charge is 2.20. The van der Waals surface area contributed by atoms with Crippen molar-refractivity contribution in [3.63, 3.8) is 0 Å². The largest absolute Gasteiger partial charge is 0.472 e. The van der Waals surface area contributed by atoms with Crippen LogP contribution >= 0.6 is 7.82 Å². The lowest BCUT2D eigenvalue weighted by atomic mass is 10.1. The Morgan fingerprint density at radius 2 is 0.853 bits per heavy atom. The predicted octanol–water partition coefficient (Wildman–Crippen LogP) is 9.28. The van der Waals surface area contributed by atoms with Crippen LogP contribution in [0.15, 0.2) is 0 Å². The zero-order chi connectivity index (χ0) is 25.2. The zero-order valence-corrected chi connectivity index (χ0v) is 24.1. The minimum Gasteiger partial charge on any atom is -0.302 e. The van der Waals surface area contributed by atoms with Gasteiger partial charge in [0.1, 0.15) is 0 Å². The van der Waals surface area contributed by atoms with E-state index in [1.807, 2.05) is 0 Å². The summed E-state index contributed by atoms with van der Waals surface area (Å²) in [6, 6.07) is 0. The maximum absolute atomic E-state index is 12.2. The van der Waals surface area contributed by atoms with E-state index in [1.54, 1.807) is 0 Å². The summed E-state index contributed by atoms with van der Waals surface area (Å²) >= 11 is 0. The van der Waals surface area contributed by atoms with Gasteiger partial charge in [0.05, 0.1) is 13.2 Å². The molecule has 0 saturated heterocycles. The Kier molecular flexibility index (Phi) is 26.2. The second-order valence-electron chi connectivity index (χ2n) is 9.99. The normalized spacial score (nSPS) is 13.6. The van der Waals surface area contributed by atoms with E-state index in [0.717, 1.165) is 25.9 Å². The molecular weight excluding hydrogens is 445 g/mol. The van der Waals surface area contributed by atoms with Gasteiger partial charge in [-0.2, -0.15) is 0 Å². The van der Waals surface area contributed by atoms with Gasteiger partial charge in [0.25, 0.3) is 0 Å². The van der Waals surface area contributed by atoms with Gasteiger partial charge in [0.15, 0.2) is 0 Å². The van der Waals surface area contributed by atoms with Crippen molar-refractivity contribution in [1.82, 2.24) is 4.90 Å². The molecule has 0 aliphatic rings. The second-order valence-corrected chi connectivity index (χ2v) is 11.4. The molecule has 0 radical (unpaired) electrons. The van der Waals surface area contributed by atoms with Crippen molar-refractivity contribution in [3.05, 3.63) is 0 Å². The molecule has 1 atom stereocenters. The van der Waals surface area contributed by atoms with Crippen LogP contribution in [-0.2, 0) is 13.6 Å². The Balaban J connectivity index is 4.04. The number of hydrogen-bond acceptors (Lipinski definition) is 4. The molecule has 34 heavy (non-hydrogen) atoms. The highest BCUT2D eigenvalue weighted by Crippen LogP contribution is 2.43. The van der Waals surface area contributed by atoms with Crippen LogP contribution in [0.25, 0.3) is 0 Å². The molecule has 0 aliphatic carbocycles. The van der Waals surface area contributed by atoms with Crippen molar-refractivity contribution < 1.29 is 18.5 Å². The first-order chi connectivity index (χ1) is 16.6. The molecule has 0 aromatic carbocycles. The lowest BCUT2D eigenvalue weighted by Gasteiger charge is -2.23. The fourth-order valence-corrected chi connectivity index (χ4v) is 5.05. The molecule has 0 rings (SSSR count). The van der Waals surface area contributed by atoms with E-state index >= 15 is 0 Å². The predicted molar refractivity (Wildman–Crippen MR) is 148 cm³/mol. The molecule has 6 heteroatoms. The minimum atomic E-state index is -3.93. The van der Waals surface area contributed by atoms with E-state index < -0.39 is 7.82 Å². The van der Waals surface area contributed by atoms with Crippen LogP contribution in [0, 0.1) is 0 Å². The smallest absolute Gasteiger partial charge is 0.302 e.